The number of fused-ring (bicyclic) bond motifs is 1. The van der Waals surface area contributed by atoms with Crippen LogP contribution in [0.2, 0.25) is 0 Å². The summed E-state index contributed by atoms with van der Waals surface area (Å²) in [7, 11) is 2.05. The van der Waals surface area contributed by atoms with Gasteiger partial charge in [0.25, 0.3) is 0 Å². The number of aryl methyl sites for hydroxylation is 1. The van der Waals surface area contributed by atoms with E-state index in [-0.39, 0.29) is 0 Å². The Kier molecular flexibility index (Phi) is 3.55. The highest BCUT2D eigenvalue weighted by Crippen LogP contribution is 2.36. The molecule has 2 aromatic rings. The van der Waals surface area contributed by atoms with E-state index in [0.717, 1.165) is 36.1 Å². The van der Waals surface area contributed by atoms with Gasteiger partial charge in [0, 0.05) is 13.5 Å². The first-order chi connectivity index (χ1) is 9.61. The molecule has 3 rings (SSSR count). The summed E-state index contributed by atoms with van der Waals surface area (Å²) in [6, 6.07) is 8.18. The zero-order valence-electron chi connectivity index (χ0n) is 12.5. The number of benzene rings is 1. The van der Waals surface area contributed by atoms with Crippen LogP contribution in [0.25, 0.3) is 11.0 Å². The van der Waals surface area contributed by atoms with Crippen molar-refractivity contribution in [1.29, 1.82) is 0 Å². The van der Waals surface area contributed by atoms with E-state index in [1.165, 1.54) is 12.8 Å². The Morgan fingerprint density at radius 2 is 2.20 bits per heavy atom. The molecule has 3 heteroatoms. The molecule has 3 nitrogen and oxygen atoms in total. The van der Waals surface area contributed by atoms with Gasteiger partial charge in [-0.3, -0.25) is 0 Å². The first kappa shape index (κ1) is 13.6. The van der Waals surface area contributed by atoms with Crippen LogP contribution < -0.4 is 0 Å². The predicted octanol–water partition coefficient (Wildman–Crippen LogP) is 3.45. The monoisotopic (exact) mass is 272 g/mol. The Hall–Kier alpha value is -1.35. The zero-order chi connectivity index (χ0) is 14.2. The Morgan fingerprint density at radius 1 is 1.40 bits per heavy atom. The van der Waals surface area contributed by atoms with Crippen molar-refractivity contribution in [2.45, 2.75) is 51.0 Å². The minimum atomic E-state index is -0.561. The molecule has 108 valence electrons. The zero-order valence-corrected chi connectivity index (χ0v) is 12.5. The summed E-state index contributed by atoms with van der Waals surface area (Å²) >= 11 is 0. The molecule has 0 bridgehead atoms. The highest BCUT2D eigenvalue weighted by Gasteiger charge is 2.35. The van der Waals surface area contributed by atoms with Crippen molar-refractivity contribution in [2.75, 3.05) is 0 Å². The molecule has 0 amide bonds. The average Bonchev–Trinajstić information content (AvgIpc) is 2.75. The topological polar surface area (TPSA) is 38.1 Å². The van der Waals surface area contributed by atoms with Crippen molar-refractivity contribution in [1.82, 2.24) is 9.55 Å². The number of aliphatic hydroxyl groups is 1. The lowest BCUT2D eigenvalue weighted by Gasteiger charge is -2.36. The van der Waals surface area contributed by atoms with E-state index in [4.69, 9.17) is 4.98 Å². The fraction of sp³-hybridized carbons (Fsp3) is 0.588. The average molecular weight is 272 g/mol. The summed E-state index contributed by atoms with van der Waals surface area (Å²) in [5, 5.41) is 10.9. The van der Waals surface area contributed by atoms with E-state index in [1.807, 2.05) is 25.2 Å². The van der Waals surface area contributed by atoms with E-state index >= 15 is 0 Å². The number of hydrogen-bond acceptors (Lipinski definition) is 2. The maximum atomic E-state index is 10.9. The molecular weight excluding hydrogens is 248 g/mol. The van der Waals surface area contributed by atoms with Crippen molar-refractivity contribution in [3.05, 3.63) is 30.1 Å². The van der Waals surface area contributed by atoms with Gasteiger partial charge in [-0.25, -0.2) is 4.98 Å². The molecule has 0 spiro atoms. The Bertz CT molecular complexity index is 604. The third kappa shape index (κ3) is 2.47. The molecule has 1 aliphatic carbocycles. The SMILES string of the molecule is CCC1CCCC(O)(Cc2nc3ccccc3n2C)C1. The maximum Gasteiger partial charge on any atom is 0.112 e. The van der Waals surface area contributed by atoms with Gasteiger partial charge in [-0.15, -0.1) is 0 Å². The van der Waals surface area contributed by atoms with E-state index < -0.39 is 5.60 Å². The van der Waals surface area contributed by atoms with Crippen molar-refractivity contribution in [3.8, 4) is 0 Å². The normalized spacial score (nSPS) is 27.1. The Labute approximate surface area is 120 Å². The van der Waals surface area contributed by atoms with Gasteiger partial charge in [0.05, 0.1) is 16.6 Å². The highest BCUT2D eigenvalue weighted by molar-refractivity contribution is 5.75. The fourth-order valence-electron chi connectivity index (χ4n) is 3.62. The molecule has 1 fully saturated rings. The van der Waals surface area contributed by atoms with E-state index in [0.29, 0.717) is 12.3 Å². The number of nitrogens with zero attached hydrogens (tertiary/aromatic N) is 2. The minimum Gasteiger partial charge on any atom is -0.389 e. The fourth-order valence-corrected chi connectivity index (χ4v) is 3.62. The van der Waals surface area contributed by atoms with Gasteiger partial charge in [0.2, 0.25) is 0 Å². The lowest BCUT2D eigenvalue weighted by Crippen LogP contribution is -2.38. The molecule has 1 heterocycles. The number of rotatable bonds is 3. The molecule has 1 aromatic heterocycles. The molecule has 2 unspecified atom stereocenters. The summed E-state index contributed by atoms with van der Waals surface area (Å²) in [5.74, 6) is 1.67. The third-order valence-electron chi connectivity index (χ3n) is 4.87. The van der Waals surface area contributed by atoms with Crippen molar-refractivity contribution in [2.24, 2.45) is 13.0 Å². The number of hydrogen-bond donors (Lipinski definition) is 1. The third-order valence-corrected chi connectivity index (χ3v) is 4.87. The molecule has 1 N–H and O–H groups in total. The molecule has 0 aliphatic heterocycles. The van der Waals surface area contributed by atoms with Crippen LogP contribution in [0.1, 0.15) is 44.9 Å². The lowest BCUT2D eigenvalue weighted by molar-refractivity contribution is -0.0181. The standard InChI is InChI=1S/C17H24N2O/c1-3-13-7-6-10-17(20,11-13)12-16-18-14-8-4-5-9-15(14)19(16)2/h4-5,8-9,13,20H,3,6-7,10-12H2,1-2H3. The maximum absolute atomic E-state index is 10.9. The first-order valence-corrected chi connectivity index (χ1v) is 7.74. The van der Waals surface area contributed by atoms with Crippen molar-refractivity contribution < 1.29 is 5.11 Å². The molecule has 20 heavy (non-hydrogen) atoms. The Morgan fingerprint density at radius 3 is 2.95 bits per heavy atom. The van der Waals surface area contributed by atoms with Crippen LogP contribution in [-0.2, 0) is 13.5 Å². The summed E-state index contributed by atoms with van der Waals surface area (Å²) in [6.07, 6.45) is 6.08. The molecular formula is C17H24N2O. The number of imidazole rings is 1. The summed E-state index contributed by atoms with van der Waals surface area (Å²) in [5.41, 5.74) is 1.61. The first-order valence-electron chi connectivity index (χ1n) is 7.74. The van der Waals surface area contributed by atoms with Gasteiger partial charge in [0.1, 0.15) is 5.82 Å². The van der Waals surface area contributed by atoms with Crippen LogP contribution in [0.5, 0.6) is 0 Å². The van der Waals surface area contributed by atoms with E-state index in [9.17, 15) is 5.11 Å². The number of aromatic nitrogens is 2. The van der Waals surface area contributed by atoms with Gasteiger partial charge < -0.3 is 9.67 Å². The Balaban J connectivity index is 1.86. The van der Waals surface area contributed by atoms with Crippen LogP contribution in [0, 0.1) is 5.92 Å². The quantitative estimate of drug-likeness (QED) is 0.929. The van der Waals surface area contributed by atoms with Gasteiger partial charge in [-0.1, -0.05) is 38.3 Å². The van der Waals surface area contributed by atoms with Crippen molar-refractivity contribution >= 4 is 11.0 Å². The molecule has 2 atom stereocenters. The predicted molar refractivity (Wildman–Crippen MR) is 81.6 cm³/mol. The molecule has 0 saturated heterocycles. The van der Waals surface area contributed by atoms with Gasteiger partial charge >= 0.3 is 0 Å². The van der Waals surface area contributed by atoms with Crippen LogP contribution in [0.4, 0.5) is 0 Å². The summed E-state index contributed by atoms with van der Waals surface area (Å²) in [6.45, 7) is 2.23. The smallest absolute Gasteiger partial charge is 0.112 e. The van der Waals surface area contributed by atoms with Crippen LogP contribution >= 0.6 is 0 Å². The van der Waals surface area contributed by atoms with Crippen LogP contribution in [0.15, 0.2) is 24.3 Å². The second kappa shape index (κ2) is 5.21. The molecule has 0 radical (unpaired) electrons. The summed E-state index contributed by atoms with van der Waals surface area (Å²) in [4.78, 5) is 4.71. The second-order valence-electron chi connectivity index (χ2n) is 6.35. The summed E-state index contributed by atoms with van der Waals surface area (Å²) < 4.78 is 2.13. The van der Waals surface area contributed by atoms with Crippen LogP contribution in [0.3, 0.4) is 0 Å². The van der Waals surface area contributed by atoms with Gasteiger partial charge in [-0.05, 0) is 30.9 Å². The van der Waals surface area contributed by atoms with Gasteiger partial charge in [0.15, 0.2) is 0 Å². The van der Waals surface area contributed by atoms with E-state index in [2.05, 4.69) is 17.6 Å². The van der Waals surface area contributed by atoms with E-state index in [1.54, 1.807) is 0 Å². The van der Waals surface area contributed by atoms with Crippen molar-refractivity contribution in [3.63, 3.8) is 0 Å². The molecule has 1 saturated carbocycles. The molecule has 1 aliphatic rings. The lowest BCUT2D eigenvalue weighted by atomic mass is 9.75. The van der Waals surface area contributed by atoms with Crippen LogP contribution in [-0.4, -0.2) is 20.3 Å². The van der Waals surface area contributed by atoms with Gasteiger partial charge in [-0.2, -0.15) is 0 Å². The largest absolute Gasteiger partial charge is 0.389 e. The second-order valence-corrected chi connectivity index (χ2v) is 6.35. The highest BCUT2D eigenvalue weighted by atomic mass is 16.3. The minimum absolute atomic E-state index is 0.561. The number of para-hydroxylation sites is 2. The molecule has 1 aromatic carbocycles.